The lowest BCUT2D eigenvalue weighted by Crippen LogP contribution is -2.00. The molecule has 6 heteroatoms. The van der Waals surface area contributed by atoms with Gasteiger partial charge in [-0.05, 0) is 6.92 Å². The normalized spacial score (nSPS) is 25.7. The molecule has 0 radical (unpaired) electrons. The van der Waals surface area contributed by atoms with Crippen molar-refractivity contribution in [3.63, 3.8) is 0 Å². The summed E-state index contributed by atoms with van der Waals surface area (Å²) >= 11 is -1.45. The summed E-state index contributed by atoms with van der Waals surface area (Å²) in [4.78, 5) is 9.84. The molecule has 0 saturated carbocycles. The first-order valence-electron chi connectivity index (χ1n) is 3.52. The minimum atomic E-state index is -1.45. The van der Waals surface area contributed by atoms with Crippen molar-refractivity contribution >= 4 is 17.3 Å². The van der Waals surface area contributed by atoms with Gasteiger partial charge in [-0.3, -0.25) is 8.37 Å². The van der Waals surface area contributed by atoms with Crippen LogP contribution in [0.3, 0.4) is 0 Å². The molecule has 1 aliphatic rings. The standard InChI is InChI=1S/C4H6O2.C3H6O3S/c1-3-4(5)6-2;1-3-2-5-7(4)6-3/h3H,1H2,2H3;3H,2H2,1H3. The van der Waals surface area contributed by atoms with Gasteiger partial charge in [0.05, 0.1) is 19.8 Å². The van der Waals surface area contributed by atoms with Crippen molar-refractivity contribution in [2.45, 2.75) is 13.0 Å². The molecule has 0 aromatic carbocycles. The van der Waals surface area contributed by atoms with E-state index < -0.39 is 17.3 Å². The van der Waals surface area contributed by atoms with Gasteiger partial charge in [-0.25, -0.2) is 4.79 Å². The molecule has 1 fully saturated rings. The van der Waals surface area contributed by atoms with Crippen molar-refractivity contribution < 1.29 is 22.1 Å². The molecule has 0 aromatic rings. The summed E-state index contributed by atoms with van der Waals surface area (Å²) < 4.78 is 23.4. The number of hydrogen-bond acceptors (Lipinski definition) is 5. The predicted octanol–water partition coefficient (Wildman–Crippen LogP) is 0.346. The van der Waals surface area contributed by atoms with Gasteiger partial charge in [-0.1, -0.05) is 6.58 Å². The quantitative estimate of drug-likeness (QED) is 0.459. The maximum absolute atomic E-state index is 10.1. The Labute approximate surface area is 79.5 Å². The lowest BCUT2D eigenvalue weighted by atomic mass is 10.5. The zero-order chi connectivity index (χ0) is 10.3. The SMILES string of the molecule is C=CC(=O)OC.CC1COS(=O)O1. The van der Waals surface area contributed by atoms with Crippen molar-refractivity contribution in [3.8, 4) is 0 Å². The molecular formula is C7H12O5S. The molecule has 2 atom stereocenters. The third-order valence-corrected chi connectivity index (χ3v) is 1.82. The average molecular weight is 208 g/mol. The molecular weight excluding hydrogens is 196 g/mol. The van der Waals surface area contributed by atoms with Gasteiger partial charge in [-0.15, -0.1) is 0 Å². The lowest BCUT2D eigenvalue weighted by molar-refractivity contribution is -0.134. The zero-order valence-corrected chi connectivity index (χ0v) is 8.33. The number of methoxy groups -OCH3 is 1. The largest absolute Gasteiger partial charge is 0.466 e. The van der Waals surface area contributed by atoms with Gasteiger partial charge >= 0.3 is 17.3 Å². The van der Waals surface area contributed by atoms with Crippen LogP contribution in [0.5, 0.6) is 0 Å². The third kappa shape index (κ3) is 6.44. The van der Waals surface area contributed by atoms with Crippen LogP contribution in [0, 0.1) is 0 Å². The minimum absolute atomic E-state index is 0.000772. The molecule has 1 heterocycles. The molecule has 76 valence electrons. The summed E-state index contributed by atoms with van der Waals surface area (Å²) in [6, 6.07) is 0. The Balaban J connectivity index is 0.000000226. The molecule has 0 N–H and O–H groups in total. The second kappa shape index (κ2) is 6.76. The van der Waals surface area contributed by atoms with Crippen molar-refractivity contribution in [2.24, 2.45) is 0 Å². The van der Waals surface area contributed by atoms with Crippen LogP contribution in [0.1, 0.15) is 6.92 Å². The van der Waals surface area contributed by atoms with E-state index in [2.05, 4.69) is 19.7 Å². The van der Waals surface area contributed by atoms with Crippen molar-refractivity contribution in [3.05, 3.63) is 12.7 Å². The van der Waals surface area contributed by atoms with Gasteiger partial charge in [0.1, 0.15) is 0 Å². The molecule has 0 aliphatic carbocycles. The summed E-state index contributed by atoms with van der Waals surface area (Å²) in [5, 5.41) is 0. The Kier molecular flexibility index (Phi) is 6.38. The Morgan fingerprint density at radius 3 is 2.46 bits per heavy atom. The van der Waals surface area contributed by atoms with Gasteiger partial charge in [0, 0.05) is 6.08 Å². The highest BCUT2D eigenvalue weighted by Crippen LogP contribution is 2.05. The second-order valence-electron chi connectivity index (χ2n) is 2.12. The Morgan fingerprint density at radius 2 is 2.38 bits per heavy atom. The molecule has 0 amide bonds. The fourth-order valence-corrected chi connectivity index (χ4v) is 1.11. The van der Waals surface area contributed by atoms with E-state index in [0.717, 1.165) is 6.08 Å². The van der Waals surface area contributed by atoms with Crippen LogP contribution in [0.15, 0.2) is 12.7 Å². The smallest absolute Gasteiger partial charge is 0.329 e. The highest BCUT2D eigenvalue weighted by atomic mass is 32.2. The van der Waals surface area contributed by atoms with Gasteiger partial charge in [0.25, 0.3) is 0 Å². The van der Waals surface area contributed by atoms with E-state index >= 15 is 0 Å². The molecule has 13 heavy (non-hydrogen) atoms. The summed E-state index contributed by atoms with van der Waals surface area (Å²) in [7, 11) is 1.31. The molecule has 5 nitrogen and oxygen atoms in total. The van der Waals surface area contributed by atoms with Gasteiger partial charge in [-0.2, -0.15) is 4.21 Å². The Morgan fingerprint density at radius 1 is 1.77 bits per heavy atom. The van der Waals surface area contributed by atoms with E-state index in [-0.39, 0.29) is 6.10 Å². The minimum Gasteiger partial charge on any atom is -0.466 e. The van der Waals surface area contributed by atoms with Crippen LogP contribution in [0.25, 0.3) is 0 Å². The van der Waals surface area contributed by atoms with E-state index in [1.54, 1.807) is 0 Å². The molecule has 0 bridgehead atoms. The summed E-state index contributed by atoms with van der Waals surface area (Å²) in [6.45, 7) is 5.42. The molecule has 0 spiro atoms. The van der Waals surface area contributed by atoms with Gasteiger partial charge < -0.3 is 4.74 Å². The number of rotatable bonds is 1. The Bertz CT molecular complexity index is 203. The van der Waals surface area contributed by atoms with Crippen LogP contribution in [0.2, 0.25) is 0 Å². The van der Waals surface area contributed by atoms with Crippen LogP contribution in [-0.2, 0) is 29.3 Å². The summed E-state index contributed by atoms with van der Waals surface area (Å²) in [5.41, 5.74) is 0. The highest BCUT2D eigenvalue weighted by Gasteiger charge is 2.17. The number of esters is 1. The first kappa shape index (κ1) is 12.3. The second-order valence-corrected chi connectivity index (χ2v) is 2.96. The maximum atomic E-state index is 10.1. The maximum Gasteiger partial charge on any atom is 0.329 e. The number of carbonyl (C=O) groups is 1. The van der Waals surface area contributed by atoms with Gasteiger partial charge in [0.15, 0.2) is 0 Å². The summed E-state index contributed by atoms with van der Waals surface area (Å²) in [5.74, 6) is -0.394. The first-order valence-corrected chi connectivity index (χ1v) is 4.52. The molecule has 2 unspecified atom stereocenters. The van der Waals surface area contributed by atoms with E-state index in [1.807, 2.05) is 6.92 Å². The Hall–Kier alpha value is -0.720. The monoisotopic (exact) mass is 208 g/mol. The molecule has 1 saturated heterocycles. The van der Waals surface area contributed by atoms with Gasteiger partial charge in [0.2, 0.25) is 0 Å². The molecule has 0 aromatic heterocycles. The lowest BCUT2D eigenvalue weighted by Gasteiger charge is -1.88. The van der Waals surface area contributed by atoms with Crippen LogP contribution in [-0.4, -0.2) is 30.0 Å². The fourth-order valence-electron chi connectivity index (χ4n) is 0.424. The average Bonchev–Trinajstić information content (AvgIpc) is 2.49. The summed E-state index contributed by atoms with van der Waals surface area (Å²) in [6.07, 6.45) is 1.11. The van der Waals surface area contributed by atoms with Crippen molar-refractivity contribution in [1.29, 1.82) is 0 Å². The number of hydrogen-bond donors (Lipinski definition) is 0. The fraction of sp³-hybridized carbons (Fsp3) is 0.571. The topological polar surface area (TPSA) is 61.8 Å². The number of ether oxygens (including phenoxy) is 1. The van der Waals surface area contributed by atoms with Crippen LogP contribution >= 0.6 is 0 Å². The van der Waals surface area contributed by atoms with E-state index in [1.165, 1.54) is 7.11 Å². The van der Waals surface area contributed by atoms with Crippen LogP contribution in [0.4, 0.5) is 0 Å². The first-order chi connectivity index (χ1) is 6.10. The van der Waals surface area contributed by atoms with E-state index in [9.17, 15) is 9.00 Å². The highest BCUT2D eigenvalue weighted by molar-refractivity contribution is 7.75. The number of carbonyl (C=O) groups excluding carboxylic acids is 1. The molecule has 1 rings (SSSR count). The van der Waals surface area contributed by atoms with Crippen molar-refractivity contribution in [2.75, 3.05) is 13.7 Å². The molecule has 1 aliphatic heterocycles. The zero-order valence-electron chi connectivity index (χ0n) is 7.52. The van der Waals surface area contributed by atoms with Crippen molar-refractivity contribution in [1.82, 2.24) is 0 Å². The third-order valence-electron chi connectivity index (χ3n) is 1.01. The van der Waals surface area contributed by atoms with E-state index in [4.69, 9.17) is 0 Å². The van der Waals surface area contributed by atoms with Crippen LogP contribution < -0.4 is 0 Å². The predicted molar refractivity (Wildman–Crippen MR) is 46.9 cm³/mol. The van der Waals surface area contributed by atoms with E-state index in [0.29, 0.717) is 6.61 Å².